The molecule has 0 aliphatic carbocycles. The summed E-state index contributed by atoms with van der Waals surface area (Å²) in [6, 6.07) is 4.23. The Labute approximate surface area is 151 Å². The van der Waals surface area contributed by atoms with Crippen LogP contribution in [-0.4, -0.2) is 51.5 Å². The number of aromatic nitrogens is 2. The highest BCUT2D eigenvalue weighted by Crippen LogP contribution is 2.34. The first-order valence-corrected chi connectivity index (χ1v) is 9.21. The second kappa shape index (κ2) is 6.68. The average molecular weight is 357 g/mol. The molecule has 0 amide bonds. The van der Waals surface area contributed by atoms with Crippen molar-refractivity contribution in [2.45, 2.75) is 44.7 Å². The van der Waals surface area contributed by atoms with Gasteiger partial charge in [0.2, 0.25) is 0 Å². The van der Waals surface area contributed by atoms with Gasteiger partial charge in [-0.05, 0) is 45.2 Å². The summed E-state index contributed by atoms with van der Waals surface area (Å²) < 4.78 is 0. The van der Waals surface area contributed by atoms with Gasteiger partial charge in [-0.1, -0.05) is 0 Å². The van der Waals surface area contributed by atoms with Crippen LogP contribution in [0.1, 0.15) is 32.6 Å². The smallest absolute Gasteiger partial charge is 0.293 e. The zero-order valence-corrected chi connectivity index (χ0v) is 14.9. The zero-order chi connectivity index (χ0) is 18.3. The Hall–Kier alpha value is -2.48. The van der Waals surface area contributed by atoms with E-state index in [9.17, 15) is 14.9 Å². The molecule has 0 radical (unpaired) electrons. The third-order valence-electron chi connectivity index (χ3n) is 5.81. The molecule has 1 atom stereocenters. The van der Waals surface area contributed by atoms with Crippen LogP contribution in [0, 0.1) is 10.1 Å². The number of benzene rings is 1. The van der Waals surface area contributed by atoms with Crippen molar-refractivity contribution in [2.24, 2.45) is 0 Å². The molecule has 4 rings (SSSR count). The number of hydrogen-bond donors (Lipinski definition) is 1. The molecule has 2 aromatic rings. The molecule has 3 heterocycles. The maximum Gasteiger partial charge on any atom is 0.293 e. The van der Waals surface area contributed by atoms with Gasteiger partial charge in [0, 0.05) is 31.2 Å². The Balaban J connectivity index is 1.61. The topological polar surface area (TPSA) is 95.4 Å². The molecule has 1 N–H and O–H groups in total. The molecule has 1 unspecified atom stereocenters. The van der Waals surface area contributed by atoms with E-state index in [0.717, 1.165) is 32.5 Å². The molecule has 2 aliphatic rings. The van der Waals surface area contributed by atoms with Crippen LogP contribution in [0.25, 0.3) is 10.9 Å². The van der Waals surface area contributed by atoms with Gasteiger partial charge >= 0.3 is 0 Å². The van der Waals surface area contributed by atoms with E-state index in [1.807, 2.05) is 0 Å². The molecule has 1 aromatic heterocycles. The summed E-state index contributed by atoms with van der Waals surface area (Å²) in [5.41, 5.74) is 0.675. The van der Waals surface area contributed by atoms with Crippen molar-refractivity contribution in [3.8, 4) is 0 Å². The zero-order valence-electron chi connectivity index (χ0n) is 14.9. The highest BCUT2D eigenvalue weighted by molar-refractivity contribution is 5.87. The summed E-state index contributed by atoms with van der Waals surface area (Å²) in [6.07, 6.45) is 5.86. The van der Waals surface area contributed by atoms with Gasteiger partial charge in [0.25, 0.3) is 11.2 Å². The van der Waals surface area contributed by atoms with Gasteiger partial charge in [-0.15, -0.1) is 0 Å². The fraction of sp³-hybridized carbons (Fsp3) is 0.556. The third-order valence-corrected chi connectivity index (χ3v) is 5.81. The first-order valence-electron chi connectivity index (χ1n) is 9.21. The van der Waals surface area contributed by atoms with E-state index in [2.05, 4.69) is 26.7 Å². The van der Waals surface area contributed by atoms with Crippen LogP contribution in [0.4, 0.5) is 11.4 Å². The average Bonchev–Trinajstić information content (AvgIpc) is 3.07. The number of anilines is 1. The molecule has 0 spiro atoms. The number of aromatic amines is 1. The van der Waals surface area contributed by atoms with E-state index >= 15 is 0 Å². The minimum Gasteiger partial charge on any atom is -0.366 e. The van der Waals surface area contributed by atoms with Crippen LogP contribution in [0.3, 0.4) is 0 Å². The highest BCUT2D eigenvalue weighted by Gasteiger charge is 2.32. The molecule has 0 saturated carbocycles. The van der Waals surface area contributed by atoms with Crippen molar-refractivity contribution in [1.29, 1.82) is 0 Å². The Morgan fingerprint density at radius 2 is 2.00 bits per heavy atom. The van der Waals surface area contributed by atoms with Crippen LogP contribution in [0.5, 0.6) is 0 Å². The number of nitro groups is 1. The number of fused-ring (bicyclic) bond motifs is 1. The van der Waals surface area contributed by atoms with Gasteiger partial charge < -0.3 is 9.88 Å². The normalized spacial score (nSPS) is 22.2. The Morgan fingerprint density at radius 1 is 1.23 bits per heavy atom. The van der Waals surface area contributed by atoms with Crippen molar-refractivity contribution in [2.75, 3.05) is 24.5 Å². The second-order valence-electron chi connectivity index (χ2n) is 7.29. The Bertz CT molecular complexity index is 888. The summed E-state index contributed by atoms with van der Waals surface area (Å²) in [4.78, 5) is 34.4. The number of nitrogens with one attached hydrogen (secondary N) is 1. The van der Waals surface area contributed by atoms with E-state index in [1.54, 1.807) is 6.07 Å². The lowest BCUT2D eigenvalue weighted by Gasteiger charge is -2.39. The summed E-state index contributed by atoms with van der Waals surface area (Å²) in [6.45, 7) is 5.01. The van der Waals surface area contributed by atoms with Gasteiger partial charge in [0.1, 0.15) is 5.69 Å². The van der Waals surface area contributed by atoms with Gasteiger partial charge in [0.05, 0.1) is 22.2 Å². The number of hydrogen-bond acceptors (Lipinski definition) is 6. The minimum atomic E-state index is -0.407. The fourth-order valence-corrected chi connectivity index (χ4v) is 4.43. The number of piperidine rings is 1. The SMILES string of the molecule is CC1CCCN1C1CCN(c2cc3nc[nH]c(=O)c3cc2[N+](=O)[O-])CC1. The number of nitro benzene ring substituents is 1. The lowest BCUT2D eigenvalue weighted by Crippen LogP contribution is -2.46. The quantitative estimate of drug-likeness (QED) is 0.669. The van der Waals surface area contributed by atoms with Gasteiger partial charge in [-0.3, -0.25) is 19.8 Å². The van der Waals surface area contributed by atoms with Crippen LogP contribution in [0.2, 0.25) is 0 Å². The van der Waals surface area contributed by atoms with Crippen LogP contribution < -0.4 is 10.5 Å². The highest BCUT2D eigenvalue weighted by atomic mass is 16.6. The number of nitrogens with zero attached hydrogens (tertiary/aromatic N) is 4. The fourth-order valence-electron chi connectivity index (χ4n) is 4.43. The van der Waals surface area contributed by atoms with E-state index < -0.39 is 4.92 Å². The van der Waals surface area contributed by atoms with Crippen molar-refractivity contribution in [3.63, 3.8) is 0 Å². The number of rotatable bonds is 3. The molecular weight excluding hydrogens is 334 g/mol. The number of likely N-dealkylation sites (tertiary alicyclic amines) is 1. The van der Waals surface area contributed by atoms with Gasteiger partial charge in [-0.2, -0.15) is 0 Å². The van der Waals surface area contributed by atoms with Crippen LogP contribution in [-0.2, 0) is 0 Å². The Kier molecular flexibility index (Phi) is 4.36. The molecule has 138 valence electrons. The second-order valence-corrected chi connectivity index (χ2v) is 7.29. The predicted molar refractivity (Wildman–Crippen MR) is 99.7 cm³/mol. The molecule has 1 aromatic carbocycles. The minimum absolute atomic E-state index is 0.0241. The number of H-pyrrole nitrogens is 1. The molecule has 8 nitrogen and oxygen atoms in total. The van der Waals surface area contributed by atoms with Crippen molar-refractivity contribution < 1.29 is 4.92 Å². The van der Waals surface area contributed by atoms with Gasteiger partial charge in [0.15, 0.2) is 0 Å². The summed E-state index contributed by atoms with van der Waals surface area (Å²) >= 11 is 0. The standard InChI is InChI=1S/C18H23N5O3/c1-12-3-2-6-22(12)13-4-7-21(8-5-13)16-10-15-14(9-17(16)23(25)26)18(24)20-11-19-15/h9-13H,2-8H2,1H3,(H,19,20,24). The molecule has 26 heavy (non-hydrogen) atoms. The summed E-state index contributed by atoms with van der Waals surface area (Å²) in [5.74, 6) is 0. The molecular formula is C18H23N5O3. The van der Waals surface area contributed by atoms with E-state index in [4.69, 9.17) is 0 Å². The lowest BCUT2D eigenvalue weighted by atomic mass is 10.0. The molecule has 0 bridgehead atoms. The predicted octanol–water partition coefficient (Wildman–Crippen LogP) is 2.28. The molecule has 8 heteroatoms. The van der Waals surface area contributed by atoms with Crippen molar-refractivity contribution in [3.05, 3.63) is 38.9 Å². The molecule has 2 aliphatic heterocycles. The maximum atomic E-state index is 11.9. The van der Waals surface area contributed by atoms with E-state index in [0.29, 0.717) is 23.3 Å². The third kappa shape index (κ3) is 2.94. The summed E-state index contributed by atoms with van der Waals surface area (Å²) in [7, 11) is 0. The molecule has 2 fully saturated rings. The first-order chi connectivity index (χ1) is 12.5. The van der Waals surface area contributed by atoms with E-state index in [-0.39, 0.29) is 16.6 Å². The van der Waals surface area contributed by atoms with Crippen molar-refractivity contribution >= 4 is 22.3 Å². The van der Waals surface area contributed by atoms with Crippen LogP contribution >= 0.6 is 0 Å². The summed E-state index contributed by atoms with van der Waals surface area (Å²) in [5, 5.41) is 11.8. The largest absolute Gasteiger partial charge is 0.366 e. The lowest BCUT2D eigenvalue weighted by molar-refractivity contribution is -0.384. The molecule has 2 saturated heterocycles. The first kappa shape index (κ1) is 17.0. The maximum absolute atomic E-state index is 11.9. The van der Waals surface area contributed by atoms with Crippen molar-refractivity contribution in [1.82, 2.24) is 14.9 Å². The van der Waals surface area contributed by atoms with Gasteiger partial charge in [-0.25, -0.2) is 4.98 Å². The van der Waals surface area contributed by atoms with Crippen LogP contribution in [0.15, 0.2) is 23.3 Å². The Morgan fingerprint density at radius 3 is 2.65 bits per heavy atom. The van der Waals surface area contributed by atoms with E-state index in [1.165, 1.54) is 25.2 Å². The monoisotopic (exact) mass is 357 g/mol.